The summed E-state index contributed by atoms with van der Waals surface area (Å²) in [4.78, 5) is 26.9. The molecule has 2 unspecified atom stereocenters. The van der Waals surface area contributed by atoms with Gasteiger partial charge in [-0.15, -0.1) is 6.42 Å². The van der Waals surface area contributed by atoms with Gasteiger partial charge in [-0.3, -0.25) is 4.98 Å². The van der Waals surface area contributed by atoms with Crippen LogP contribution in [0.4, 0.5) is 4.79 Å². The van der Waals surface area contributed by atoms with Crippen molar-refractivity contribution in [1.29, 1.82) is 0 Å². The summed E-state index contributed by atoms with van der Waals surface area (Å²) in [6.07, 6.45) is 11.3. The average Bonchev–Trinajstić information content (AvgIpc) is 3.01. The lowest BCUT2D eigenvalue weighted by Gasteiger charge is -2.37. The lowest BCUT2D eigenvalue weighted by atomic mass is 10.0. The third kappa shape index (κ3) is 4.01. The van der Waals surface area contributed by atoms with E-state index < -0.39 is 0 Å². The predicted octanol–water partition coefficient (Wildman–Crippen LogP) is 3.42. The second-order valence-corrected chi connectivity index (χ2v) is 7.56. The third-order valence-corrected chi connectivity index (χ3v) is 5.61. The Labute approximate surface area is 175 Å². The van der Waals surface area contributed by atoms with Crippen LogP contribution in [0.2, 0.25) is 0 Å². The molecule has 0 radical (unpaired) electrons. The van der Waals surface area contributed by atoms with Crippen LogP contribution in [-0.2, 0) is 4.74 Å². The predicted molar refractivity (Wildman–Crippen MR) is 108 cm³/mol. The maximum atomic E-state index is 12.3. The number of piperidine rings is 1. The molecule has 2 aromatic rings. The lowest BCUT2D eigenvalue weighted by Crippen LogP contribution is -2.49. The van der Waals surface area contributed by atoms with E-state index in [1.54, 1.807) is 6.20 Å². The van der Waals surface area contributed by atoms with Crippen LogP contribution >= 0.6 is 0 Å². The molecule has 2 bridgehead atoms. The highest BCUT2D eigenvalue weighted by atomic mass is 16.6. The molecule has 2 atom stereocenters. The second-order valence-electron chi connectivity index (χ2n) is 7.56. The Balaban J connectivity index is 1.44. The fourth-order valence-electron chi connectivity index (χ4n) is 4.18. The van der Waals surface area contributed by atoms with Gasteiger partial charge in [0, 0.05) is 31.1 Å². The van der Waals surface area contributed by atoms with Crippen LogP contribution in [0.15, 0.2) is 24.7 Å². The van der Waals surface area contributed by atoms with Crippen molar-refractivity contribution in [3.63, 3.8) is 0 Å². The molecule has 2 aliphatic heterocycles. The number of aromatic nitrogens is 3. The Bertz CT molecular complexity index is 960. The number of ether oxygens (including phenoxy) is 3. The van der Waals surface area contributed by atoms with E-state index in [-0.39, 0.29) is 30.9 Å². The topological polar surface area (TPSA) is 86.7 Å². The molecular formula is C22H24N4O4. The highest BCUT2D eigenvalue weighted by molar-refractivity contribution is 5.69. The number of pyridine rings is 1. The van der Waals surface area contributed by atoms with Crippen LogP contribution in [0, 0.1) is 26.2 Å². The molecule has 156 valence electrons. The molecule has 0 saturated carbocycles. The van der Waals surface area contributed by atoms with E-state index in [2.05, 4.69) is 20.9 Å². The molecule has 0 aliphatic carbocycles. The minimum atomic E-state index is -0.334. The van der Waals surface area contributed by atoms with Crippen LogP contribution in [0.3, 0.4) is 0 Å². The Morgan fingerprint density at radius 2 is 1.93 bits per heavy atom. The van der Waals surface area contributed by atoms with Crippen molar-refractivity contribution in [2.24, 2.45) is 0 Å². The van der Waals surface area contributed by atoms with Crippen molar-refractivity contribution < 1.29 is 19.0 Å². The summed E-state index contributed by atoms with van der Waals surface area (Å²) in [6.45, 7) is 3.74. The number of amides is 1. The summed E-state index contributed by atoms with van der Waals surface area (Å²) in [6, 6.07) is 3.84. The quantitative estimate of drug-likeness (QED) is 0.701. The van der Waals surface area contributed by atoms with Gasteiger partial charge in [0.15, 0.2) is 12.4 Å². The number of fused-ring (bicyclic) bond motifs is 2. The lowest BCUT2D eigenvalue weighted by molar-refractivity contribution is 0.0360. The fourth-order valence-corrected chi connectivity index (χ4v) is 4.18. The Morgan fingerprint density at radius 3 is 2.63 bits per heavy atom. The summed E-state index contributed by atoms with van der Waals surface area (Å²) in [7, 11) is 0. The minimum absolute atomic E-state index is 0.00594. The number of carbonyl (C=O) groups is 1. The van der Waals surface area contributed by atoms with Crippen LogP contribution in [0.1, 0.15) is 36.9 Å². The van der Waals surface area contributed by atoms with E-state index >= 15 is 0 Å². The van der Waals surface area contributed by atoms with Crippen molar-refractivity contribution >= 4 is 6.09 Å². The number of terminal acetylenes is 1. The van der Waals surface area contributed by atoms with Gasteiger partial charge in [0.1, 0.15) is 12.4 Å². The Kier molecular flexibility index (Phi) is 5.70. The molecule has 2 aromatic heterocycles. The molecule has 8 heteroatoms. The van der Waals surface area contributed by atoms with Crippen LogP contribution in [-0.4, -0.2) is 50.7 Å². The zero-order chi connectivity index (χ0) is 21.1. The summed E-state index contributed by atoms with van der Waals surface area (Å²) in [5, 5.41) is 0. The van der Waals surface area contributed by atoms with Crippen LogP contribution in [0.25, 0.3) is 0 Å². The van der Waals surface area contributed by atoms with Gasteiger partial charge in [0.2, 0.25) is 11.8 Å². The van der Waals surface area contributed by atoms with E-state index in [0.717, 1.165) is 36.9 Å². The first-order chi connectivity index (χ1) is 14.6. The van der Waals surface area contributed by atoms with Crippen molar-refractivity contribution in [3.8, 4) is 29.9 Å². The summed E-state index contributed by atoms with van der Waals surface area (Å²) in [5.74, 6) is 3.91. The monoisotopic (exact) mass is 408 g/mol. The van der Waals surface area contributed by atoms with Crippen LogP contribution in [0.5, 0.6) is 17.5 Å². The first-order valence-corrected chi connectivity index (χ1v) is 10.0. The number of nitrogens with zero attached hydrogens (tertiary/aromatic N) is 4. The first kappa shape index (κ1) is 20.0. The van der Waals surface area contributed by atoms with Crippen LogP contribution < -0.4 is 9.47 Å². The number of carbonyl (C=O) groups excluding carboxylic acids is 1. The molecule has 30 heavy (non-hydrogen) atoms. The maximum Gasteiger partial charge on any atom is 0.411 e. The molecule has 0 N–H and O–H groups in total. The number of rotatable bonds is 5. The van der Waals surface area contributed by atoms with E-state index in [1.165, 1.54) is 6.33 Å². The van der Waals surface area contributed by atoms with E-state index in [0.29, 0.717) is 17.5 Å². The minimum Gasteiger partial charge on any atom is -0.474 e. The van der Waals surface area contributed by atoms with Crippen molar-refractivity contribution in [2.45, 2.75) is 57.7 Å². The highest BCUT2D eigenvalue weighted by Crippen LogP contribution is 2.38. The standard InChI is InChI=1S/C22H24N4O4/c1-4-10-28-22(27)26-16-7-8-17(26)12-18(11-16)29-20-14(2)21(25-13-24-20)30-19-6-5-9-23-15(19)3/h1,5-6,9,13,16-18H,7-8,10-12H2,2-3H3. The number of aryl methyl sites for hydroxylation is 1. The fraction of sp³-hybridized carbons (Fsp3) is 0.455. The molecule has 2 saturated heterocycles. The second kappa shape index (κ2) is 8.57. The zero-order valence-electron chi connectivity index (χ0n) is 17.1. The SMILES string of the molecule is C#CCOC(=O)N1C2CCC1CC(Oc1ncnc(Oc3cccnc3C)c1C)C2. The molecule has 4 rings (SSSR count). The van der Waals surface area contributed by atoms with Gasteiger partial charge in [0.25, 0.3) is 0 Å². The third-order valence-electron chi connectivity index (χ3n) is 5.61. The van der Waals surface area contributed by atoms with Gasteiger partial charge in [-0.05, 0) is 38.8 Å². The molecule has 0 aromatic carbocycles. The number of hydrogen-bond acceptors (Lipinski definition) is 7. The van der Waals surface area contributed by atoms with Gasteiger partial charge in [0.05, 0.1) is 11.3 Å². The molecule has 4 heterocycles. The molecule has 0 spiro atoms. The highest BCUT2D eigenvalue weighted by Gasteiger charge is 2.45. The Morgan fingerprint density at radius 1 is 1.20 bits per heavy atom. The Hall–Kier alpha value is -3.34. The summed E-state index contributed by atoms with van der Waals surface area (Å²) >= 11 is 0. The van der Waals surface area contributed by atoms with E-state index in [4.69, 9.17) is 20.6 Å². The van der Waals surface area contributed by atoms with Gasteiger partial charge >= 0.3 is 6.09 Å². The first-order valence-electron chi connectivity index (χ1n) is 10.0. The smallest absolute Gasteiger partial charge is 0.411 e. The van der Waals surface area contributed by atoms with Gasteiger partial charge in [-0.25, -0.2) is 14.8 Å². The van der Waals surface area contributed by atoms with Crippen molar-refractivity contribution in [2.75, 3.05) is 6.61 Å². The van der Waals surface area contributed by atoms with Crippen molar-refractivity contribution in [1.82, 2.24) is 19.9 Å². The molecule has 2 fully saturated rings. The van der Waals surface area contributed by atoms with E-state index in [9.17, 15) is 4.79 Å². The summed E-state index contributed by atoms with van der Waals surface area (Å²) in [5.41, 5.74) is 1.50. The molecular weight excluding hydrogens is 384 g/mol. The zero-order valence-corrected chi connectivity index (χ0v) is 17.1. The normalized spacial score (nSPS) is 22.3. The van der Waals surface area contributed by atoms with E-state index in [1.807, 2.05) is 30.9 Å². The average molecular weight is 408 g/mol. The largest absolute Gasteiger partial charge is 0.474 e. The van der Waals surface area contributed by atoms with Gasteiger partial charge < -0.3 is 19.1 Å². The molecule has 8 nitrogen and oxygen atoms in total. The van der Waals surface area contributed by atoms with Crippen molar-refractivity contribution in [3.05, 3.63) is 35.9 Å². The maximum absolute atomic E-state index is 12.3. The summed E-state index contributed by atoms with van der Waals surface area (Å²) < 4.78 is 17.3. The van der Waals surface area contributed by atoms with Gasteiger partial charge in [-0.1, -0.05) is 5.92 Å². The molecule has 2 aliphatic rings. The number of hydrogen-bond donors (Lipinski definition) is 0. The van der Waals surface area contributed by atoms with Gasteiger partial charge in [-0.2, -0.15) is 0 Å². The molecule has 1 amide bonds.